The molecule has 1 fully saturated rings. The molecule has 2 N–H and O–H groups in total. The normalized spacial score (nSPS) is 24.4. The Balaban J connectivity index is 2.31. The third kappa shape index (κ3) is 5.78. The van der Waals surface area contributed by atoms with Crippen LogP contribution in [0, 0.1) is 5.92 Å². The highest BCUT2D eigenvalue weighted by molar-refractivity contribution is 7.87. The van der Waals surface area contributed by atoms with E-state index in [2.05, 4.69) is 9.44 Å². The largest absolute Gasteiger partial charge is 0.348 e. The van der Waals surface area contributed by atoms with Gasteiger partial charge in [-0.15, -0.1) is 0 Å². The van der Waals surface area contributed by atoms with Gasteiger partial charge in [-0.3, -0.25) is 0 Å². The van der Waals surface area contributed by atoms with Crippen LogP contribution in [-0.4, -0.2) is 40.0 Å². The van der Waals surface area contributed by atoms with Crippen LogP contribution in [0.5, 0.6) is 0 Å². The van der Waals surface area contributed by atoms with Gasteiger partial charge in [0.2, 0.25) is 0 Å². The molecule has 1 rings (SSSR count). The fourth-order valence-electron chi connectivity index (χ4n) is 1.39. The lowest BCUT2D eigenvalue weighted by atomic mass is 10.2. The van der Waals surface area contributed by atoms with E-state index in [-0.39, 0.29) is 18.6 Å². The summed E-state index contributed by atoms with van der Waals surface area (Å²) in [6, 6.07) is 0. The molecule has 1 aliphatic rings. The van der Waals surface area contributed by atoms with E-state index in [0.717, 1.165) is 0 Å². The molecule has 0 aromatic heterocycles. The Hall–Kier alpha value is -0.210. The highest BCUT2D eigenvalue weighted by Gasteiger charge is 2.33. The Morgan fingerprint density at radius 1 is 1.35 bits per heavy atom. The van der Waals surface area contributed by atoms with Gasteiger partial charge in [0.05, 0.1) is 12.7 Å². The third-order valence-corrected chi connectivity index (χ3v) is 3.34. The maximum atomic E-state index is 11.5. The van der Waals surface area contributed by atoms with Crippen LogP contribution >= 0.6 is 0 Å². The van der Waals surface area contributed by atoms with E-state index in [9.17, 15) is 8.42 Å². The van der Waals surface area contributed by atoms with Gasteiger partial charge in [-0.1, -0.05) is 13.8 Å². The van der Waals surface area contributed by atoms with Crippen molar-refractivity contribution in [3.05, 3.63) is 0 Å². The summed E-state index contributed by atoms with van der Waals surface area (Å²) in [6.45, 7) is 8.54. The Kier molecular flexibility index (Phi) is 4.91. The number of rotatable bonds is 6. The first-order valence-corrected chi connectivity index (χ1v) is 7.24. The van der Waals surface area contributed by atoms with Crippen molar-refractivity contribution in [2.24, 2.45) is 5.92 Å². The van der Waals surface area contributed by atoms with Gasteiger partial charge in [0, 0.05) is 13.1 Å². The molecule has 0 aromatic rings. The van der Waals surface area contributed by atoms with Gasteiger partial charge in [-0.05, 0) is 19.8 Å². The van der Waals surface area contributed by atoms with Gasteiger partial charge >= 0.3 is 0 Å². The first kappa shape index (κ1) is 14.8. The predicted octanol–water partition coefficient (Wildman–Crippen LogP) is 0.218. The fraction of sp³-hybridized carbons (Fsp3) is 1.00. The second-order valence-corrected chi connectivity index (χ2v) is 6.63. The molecule has 0 amide bonds. The summed E-state index contributed by atoms with van der Waals surface area (Å²) >= 11 is 0. The molecule has 0 aromatic carbocycles. The lowest BCUT2D eigenvalue weighted by Crippen LogP contribution is -2.42. The minimum absolute atomic E-state index is 0.219. The van der Waals surface area contributed by atoms with Crippen LogP contribution in [-0.2, 0) is 19.7 Å². The number of ether oxygens (including phenoxy) is 2. The van der Waals surface area contributed by atoms with Crippen LogP contribution < -0.4 is 9.44 Å². The molecule has 6 nitrogen and oxygen atoms in total. The lowest BCUT2D eigenvalue weighted by Gasteiger charge is -2.17. The zero-order valence-electron chi connectivity index (χ0n) is 10.8. The van der Waals surface area contributed by atoms with E-state index < -0.39 is 16.0 Å². The van der Waals surface area contributed by atoms with E-state index >= 15 is 0 Å². The van der Waals surface area contributed by atoms with Crippen molar-refractivity contribution < 1.29 is 17.9 Å². The smallest absolute Gasteiger partial charge is 0.277 e. The van der Waals surface area contributed by atoms with Crippen molar-refractivity contribution in [1.29, 1.82) is 0 Å². The van der Waals surface area contributed by atoms with E-state index in [4.69, 9.17) is 9.47 Å². The van der Waals surface area contributed by atoms with Gasteiger partial charge in [0.25, 0.3) is 10.2 Å². The van der Waals surface area contributed by atoms with Crippen LogP contribution in [0.3, 0.4) is 0 Å². The van der Waals surface area contributed by atoms with E-state index in [1.165, 1.54) is 0 Å². The second kappa shape index (κ2) is 5.62. The minimum atomic E-state index is -3.44. The predicted molar refractivity (Wildman–Crippen MR) is 64.7 cm³/mol. The van der Waals surface area contributed by atoms with Gasteiger partial charge in [0.1, 0.15) is 0 Å². The van der Waals surface area contributed by atoms with Gasteiger partial charge in [-0.2, -0.15) is 13.1 Å². The molecule has 1 atom stereocenters. The third-order valence-electron chi connectivity index (χ3n) is 2.25. The first-order valence-electron chi connectivity index (χ1n) is 5.76. The van der Waals surface area contributed by atoms with Crippen LogP contribution in [0.15, 0.2) is 0 Å². The molecule has 7 heteroatoms. The van der Waals surface area contributed by atoms with Gasteiger partial charge in [-0.25, -0.2) is 4.72 Å². The Morgan fingerprint density at radius 3 is 2.47 bits per heavy atom. The molecule has 1 heterocycles. The maximum absolute atomic E-state index is 11.5. The van der Waals surface area contributed by atoms with Crippen molar-refractivity contribution >= 4 is 10.2 Å². The summed E-state index contributed by atoms with van der Waals surface area (Å²) in [7, 11) is -3.44. The molecular weight excluding hydrogens is 244 g/mol. The molecule has 1 aliphatic heterocycles. The number of hydrogen-bond acceptors (Lipinski definition) is 4. The van der Waals surface area contributed by atoms with Gasteiger partial charge < -0.3 is 9.47 Å². The molecule has 0 saturated carbocycles. The first-order chi connectivity index (χ1) is 7.70. The van der Waals surface area contributed by atoms with E-state index in [0.29, 0.717) is 13.2 Å². The molecular formula is C10H22N2O4S. The average Bonchev–Trinajstić information content (AvgIpc) is 2.53. The Morgan fingerprint density at radius 2 is 2.00 bits per heavy atom. The number of hydrogen-bond donors (Lipinski definition) is 2. The molecule has 0 bridgehead atoms. The summed E-state index contributed by atoms with van der Waals surface area (Å²) in [4.78, 5) is 0. The lowest BCUT2D eigenvalue weighted by molar-refractivity contribution is -0.137. The van der Waals surface area contributed by atoms with Crippen LogP contribution in [0.1, 0.15) is 27.7 Å². The molecule has 102 valence electrons. The quantitative estimate of drug-likeness (QED) is 0.721. The fourth-order valence-corrected chi connectivity index (χ4v) is 2.45. The van der Waals surface area contributed by atoms with Crippen molar-refractivity contribution in [1.82, 2.24) is 9.44 Å². The summed E-state index contributed by atoms with van der Waals surface area (Å²) in [6.07, 6.45) is -0.236. The Labute approximate surface area is 103 Å². The van der Waals surface area contributed by atoms with Crippen molar-refractivity contribution in [2.75, 3.05) is 19.7 Å². The molecule has 0 spiro atoms. The molecule has 0 aliphatic carbocycles. The minimum Gasteiger partial charge on any atom is -0.348 e. The highest BCUT2D eigenvalue weighted by atomic mass is 32.2. The van der Waals surface area contributed by atoms with E-state index in [1.807, 2.05) is 13.8 Å². The van der Waals surface area contributed by atoms with Crippen LogP contribution in [0.25, 0.3) is 0 Å². The number of nitrogens with one attached hydrogen (secondary N) is 2. The van der Waals surface area contributed by atoms with Crippen LogP contribution in [0.4, 0.5) is 0 Å². The Bertz CT molecular complexity index is 340. The van der Waals surface area contributed by atoms with Gasteiger partial charge in [0.15, 0.2) is 5.79 Å². The summed E-state index contributed by atoms with van der Waals surface area (Å²) in [5.41, 5.74) is 0. The average molecular weight is 266 g/mol. The zero-order valence-corrected chi connectivity index (χ0v) is 11.6. The summed E-state index contributed by atoms with van der Waals surface area (Å²) in [5, 5.41) is 0. The summed E-state index contributed by atoms with van der Waals surface area (Å²) < 4.78 is 38.8. The SMILES string of the molecule is CC(C)CNS(=O)(=O)NCC1COC(C)(C)O1. The van der Waals surface area contributed by atoms with Crippen LogP contribution in [0.2, 0.25) is 0 Å². The topological polar surface area (TPSA) is 76.7 Å². The van der Waals surface area contributed by atoms with Crippen molar-refractivity contribution in [3.8, 4) is 0 Å². The molecule has 0 radical (unpaired) electrons. The maximum Gasteiger partial charge on any atom is 0.277 e. The second-order valence-electron chi connectivity index (χ2n) is 5.04. The van der Waals surface area contributed by atoms with Crippen molar-refractivity contribution in [2.45, 2.75) is 39.6 Å². The highest BCUT2D eigenvalue weighted by Crippen LogP contribution is 2.21. The van der Waals surface area contributed by atoms with E-state index in [1.54, 1.807) is 13.8 Å². The summed E-state index contributed by atoms with van der Waals surface area (Å²) in [5.74, 6) is -0.349. The molecule has 1 unspecified atom stereocenters. The molecule has 17 heavy (non-hydrogen) atoms. The monoisotopic (exact) mass is 266 g/mol. The molecule has 1 saturated heterocycles. The standard InChI is InChI=1S/C10H22N2O4S/c1-8(2)5-11-17(13,14)12-6-9-7-15-10(3,4)16-9/h8-9,11-12H,5-7H2,1-4H3. The zero-order chi connectivity index (χ0) is 13.1. The van der Waals surface area contributed by atoms with Crippen molar-refractivity contribution in [3.63, 3.8) is 0 Å².